The van der Waals surface area contributed by atoms with Crippen LogP contribution in [0.2, 0.25) is 5.02 Å². The third-order valence-corrected chi connectivity index (χ3v) is 4.73. The third-order valence-electron chi connectivity index (χ3n) is 4.50. The largest absolute Gasteiger partial charge is 0.466 e. The predicted molar refractivity (Wildman–Crippen MR) is 112 cm³/mol. The van der Waals surface area contributed by atoms with Gasteiger partial charge in [-0.25, -0.2) is 0 Å². The van der Waals surface area contributed by atoms with Crippen molar-refractivity contribution in [1.29, 1.82) is 0 Å². The first-order valence-electron chi connectivity index (χ1n) is 9.28. The SMILES string of the molecule is CCOC(=O)CC(C)C(=O)Nc1c(C(=O)c2ccccc2)[nH]c2cc(Cl)ccc12. The number of halogens is 1. The highest BCUT2D eigenvalue weighted by Crippen LogP contribution is 2.32. The van der Waals surface area contributed by atoms with Gasteiger partial charge in [0, 0.05) is 27.4 Å². The van der Waals surface area contributed by atoms with E-state index < -0.39 is 11.9 Å². The minimum absolute atomic E-state index is 0.0458. The molecule has 3 rings (SSSR count). The molecule has 2 N–H and O–H groups in total. The van der Waals surface area contributed by atoms with E-state index in [1.165, 1.54) is 0 Å². The summed E-state index contributed by atoms with van der Waals surface area (Å²) in [5.74, 6) is -1.70. The van der Waals surface area contributed by atoms with E-state index in [1.807, 2.05) is 6.07 Å². The van der Waals surface area contributed by atoms with Crippen molar-refractivity contribution >= 4 is 45.9 Å². The average Bonchev–Trinajstić information content (AvgIpc) is 3.05. The summed E-state index contributed by atoms with van der Waals surface area (Å²) in [4.78, 5) is 40.5. The fourth-order valence-electron chi connectivity index (χ4n) is 3.01. The molecule has 150 valence electrons. The molecule has 3 aromatic rings. The third kappa shape index (κ3) is 4.66. The second-order valence-electron chi connectivity index (χ2n) is 6.66. The van der Waals surface area contributed by atoms with Gasteiger partial charge in [0.2, 0.25) is 11.7 Å². The number of ether oxygens (including phenoxy) is 1. The van der Waals surface area contributed by atoms with Crippen LogP contribution in [0.4, 0.5) is 5.69 Å². The normalized spacial score (nSPS) is 11.8. The Labute approximate surface area is 173 Å². The second kappa shape index (κ2) is 8.92. The highest BCUT2D eigenvalue weighted by atomic mass is 35.5. The number of aromatic nitrogens is 1. The van der Waals surface area contributed by atoms with Crippen LogP contribution in [-0.2, 0) is 14.3 Å². The van der Waals surface area contributed by atoms with Crippen LogP contribution >= 0.6 is 11.6 Å². The number of carbonyl (C=O) groups excluding carboxylic acids is 3. The van der Waals surface area contributed by atoms with Crippen molar-refractivity contribution in [1.82, 2.24) is 4.98 Å². The van der Waals surface area contributed by atoms with E-state index >= 15 is 0 Å². The van der Waals surface area contributed by atoms with Gasteiger partial charge in [0.1, 0.15) is 5.69 Å². The number of ketones is 1. The van der Waals surface area contributed by atoms with Crippen LogP contribution in [0, 0.1) is 5.92 Å². The maximum Gasteiger partial charge on any atom is 0.306 e. The molecule has 2 aromatic carbocycles. The summed E-state index contributed by atoms with van der Waals surface area (Å²) < 4.78 is 4.91. The Kier molecular flexibility index (Phi) is 6.34. The lowest BCUT2D eigenvalue weighted by atomic mass is 10.0. The number of H-pyrrole nitrogens is 1. The van der Waals surface area contributed by atoms with Gasteiger partial charge in [-0.1, -0.05) is 48.9 Å². The van der Waals surface area contributed by atoms with Gasteiger partial charge in [0.25, 0.3) is 0 Å². The van der Waals surface area contributed by atoms with Crippen LogP contribution in [0.25, 0.3) is 10.9 Å². The van der Waals surface area contributed by atoms with Crippen LogP contribution in [0.5, 0.6) is 0 Å². The molecule has 0 spiro atoms. The van der Waals surface area contributed by atoms with Gasteiger partial charge in [-0.05, 0) is 25.1 Å². The lowest BCUT2D eigenvalue weighted by Crippen LogP contribution is -2.24. The molecule has 1 aromatic heterocycles. The molecule has 29 heavy (non-hydrogen) atoms. The van der Waals surface area contributed by atoms with E-state index in [2.05, 4.69) is 10.3 Å². The Hall–Kier alpha value is -3.12. The molecule has 0 aliphatic rings. The summed E-state index contributed by atoms with van der Waals surface area (Å²) in [6.07, 6.45) is -0.0458. The maximum atomic E-state index is 13.0. The minimum Gasteiger partial charge on any atom is -0.466 e. The number of aromatic amines is 1. The van der Waals surface area contributed by atoms with Crippen molar-refractivity contribution in [2.45, 2.75) is 20.3 Å². The lowest BCUT2D eigenvalue weighted by Gasteiger charge is -2.12. The number of hydrogen-bond donors (Lipinski definition) is 2. The maximum absolute atomic E-state index is 13.0. The second-order valence-corrected chi connectivity index (χ2v) is 7.10. The van der Waals surface area contributed by atoms with E-state index in [9.17, 15) is 14.4 Å². The van der Waals surface area contributed by atoms with Crippen molar-refractivity contribution in [2.24, 2.45) is 5.92 Å². The highest BCUT2D eigenvalue weighted by molar-refractivity contribution is 6.31. The smallest absolute Gasteiger partial charge is 0.306 e. The van der Waals surface area contributed by atoms with Gasteiger partial charge in [0.15, 0.2) is 0 Å². The molecule has 7 heteroatoms. The molecule has 0 aliphatic heterocycles. The number of benzene rings is 2. The van der Waals surface area contributed by atoms with Gasteiger partial charge in [0.05, 0.1) is 18.7 Å². The quantitative estimate of drug-likeness (QED) is 0.439. The first kappa shape index (κ1) is 20.6. The molecular formula is C22H21ClN2O4. The van der Waals surface area contributed by atoms with Crippen LogP contribution < -0.4 is 5.32 Å². The Bertz CT molecular complexity index is 1060. The molecule has 0 bridgehead atoms. The Morgan fingerprint density at radius 1 is 1.14 bits per heavy atom. The molecule has 0 fully saturated rings. The molecule has 0 aliphatic carbocycles. The zero-order chi connectivity index (χ0) is 21.0. The number of rotatable bonds is 7. The zero-order valence-electron chi connectivity index (χ0n) is 16.1. The van der Waals surface area contributed by atoms with E-state index in [0.29, 0.717) is 27.2 Å². The van der Waals surface area contributed by atoms with Crippen LogP contribution in [-0.4, -0.2) is 29.3 Å². The fraction of sp³-hybridized carbons (Fsp3) is 0.227. The molecule has 1 atom stereocenters. The summed E-state index contributed by atoms with van der Waals surface area (Å²) in [5, 5.41) is 3.97. The van der Waals surface area contributed by atoms with E-state index in [-0.39, 0.29) is 30.4 Å². The molecule has 1 amide bonds. The zero-order valence-corrected chi connectivity index (χ0v) is 16.9. The minimum atomic E-state index is -0.619. The van der Waals surface area contributed by atoms with Crippen molar-refractivity contribution < 1.29 is 19.1 Å². The van der Waals surface area contributed by atoms with Crippen molar-refractivity contribution in [3.63, 3.8) is 0 Å². The molecular weight excluding hydrogens is 392 g/mol. The number of hydrogen-bond acceptors (Lipinski definition) is 4. The monoisotopic (exact) mass is 412 g/mol. The highest BCUT2D eigenvalue weighted by Gasteiger charge is 2.24. The first-order valence-corrected chi connectivity index (χ1v) is 9.66. The standard InChI is InChI=1S/C22H21ClN2O4/c1-3-29-18(26)11-13(2)22(28)25-19-16-10-9-15(23)12-17(16)24-20(19)21(27)14-7-5-4-6-8-14/h4-10,12-13,24H,3,11H2,1-2H3,(H,25,28). The van der Waals surface area contributed by atoms with Gasteiger partial charge < -0.3 is 15.0 Å². The summed E-state index contributed by atoms with van der Waals surface area (Å²) in [6, 6.07) is 13.9. The number of carbonyl (C=O) groups is 3. The van der Waals surface area contributed by atoms with Crippen molar-refractivity contribution in [2.75, 3.05) is 11.9 Å². The topological polar surface area (TPSA) is 88.3 Å². The van der Waals surface area contributed by atoms with Crippen LogP contribution in [0.1, 0.15) is 36.3 Å². The van der Waals surface area contributed by atoms with E-state index in [4.69, 9.17) is 16.3 Å². The molecule has 0 saturated heterocycles. The van der Waals surface area contributed by atoms with Crippen molar-refractivity contribution in [3.05, 3.63) is 64.8 Å². The van der Waals surface area contributed by atoms with Crippen molar-refractivity contribution in [3.8, 4) is 0 Å². The van der Waals surface area contributed by atoms with Gasteiger partial charge in [-0.3, -0.25) is 14.4 Å². The number of nitrogens with one attached hydrogen (secondary N) is 2. The fourth-order valence-corrected chi connectivity index (χ4v) is 3.18. The Balaban J connectivity index is 1.96. The van der Waals surface area contributed by atoms with Crippen LogP contribution in [0.15, 0.2) is 48.5 Å². The van der Waals surface area contributed by atoms with Crippen LogP contribution in [0.3, 0.4) is 0 Å². The first-order chi connectivity index (χ1) is 13.9. The van der Waals surface area contributed by atoms with E-state index in [1.54, 1.807) is 56.3 Å². The molecule has 1 unspecified atom stereocenters. The lowest BCUT2D eigenvalue weighted by molar-refractivity contribution is -0.145. The van der Waals surface area contributed by atoms with Gasteiger partial charge in [-0.2, -0.15) is 0 Å². The summed E-state index contributed by atoms with van der Waals surface area (Å²) >= 11 is 6.08. The molecule has 0 saturated carbocycles. The summed E-state index contributed by atoms with van der Waals surface area (Å²) in [7, 11) is 0. The molecule has 1 heterocycles. The Morgan fingerprint density at radius 2 is 1.86 bits per heavy atom. The summed E-state index contributed by atoms with van der Waals surface area (Å²) in [5.41, 5.74) is 1.74. The number of amides is 1. The van der Waals surface area contributed by atoms with Gasteiger partial charge >= 0.3 is 5.97 Å². The molecule has 6 nitrogen and oxygen atoms in total. The average molecular weight is 413 g/mol. The predicted octanol–water partition coefficient (Wildman–Crippen LogP) is 4.58. The number of fused-ring (bicyclic) bond motifs is 1. The Morgan fingerprint density at radius 3 is 2.55 bits per heavy atom. The van der Waals surface area contributed by atoms with E-state index in [0.717, 1.165) is 0 Å². The number of esters is 1. The number of anilines is 1. The molecule has 0 radical (unpaired) electrons. The summed E-state index contributed by atoms with van der Waals surface area (Å²) in [6.45, 7) is 3.60. The van der Waals surface area contributed by atoms with Gasteiger partial charge in [-0.15, -0.1) is 0 Å².